The first-order valence-corrected chi connectivity index (χ1v) is 11.0. The van der Waals surface area contributed by atoms with E-state index in [0.717, 1.165) is 10.1 Å². The number of fused-ring (bicyclic) bond motifs is 1. The molecule has 6 nitrogen and oxygen atoms in total. The minimum Gasteiger partial charge on any atom is -0.450 e. The average Bonchev–Trinajstić information content (AvgIpc) is 3.26. The standard InChI is InChI=1S/C19H22N4O2S2/c1-11(2)18-22-23-16(20)14(17(24)21-19(23)27-18)10-12-8-9-15(25-12)26-13-6-4-3-5-7-13/h8-11,13,20H,3-7H2,1-2H3/b14-10-,20-16?. The molecule has 1 aromatic heterocycles. The Hall–Kier alpha value is -1.80. The van der Waals surface area contributed by atoms with Gasteiger partial charge in [0.1, 0.15) is 10.8 Å². The van der Waals surface area contributed by atoms with Gasteiger partial charge in [-0.3, -0.25) is 10.2 Å². The van der Waals surface area contributed by atoms with Crippen LogP contribution in [0.1, 0.15) is 51.7 Å². The van der Waals surface area contributed by atoms with Crippen LogP contribution in [0.3, 0.4) is 0 Å². The lowest BCUT2D eigenvalue weighted by Crippen LogP contribution is -2.35. The third-order valence-electron chi connectivity index (χ3n) is 4.69. The topological polar surface area (TPSA) is 82.0 Å². The Balaban J connectivity index is 1.52. The summed E-state index contributed by atoms with van der Waals surface area (Å²) in [7, 11) is 0. The van der Waals surface area contributed by atoms with Gasteiger partial charge in [0.25, 0.3) is 5.91 Å². The fourth-order valence-corrected chi connectivity index (χ4v) is 5.29. The van der Waals surface area contributed by atoms with Gasteiger partial charge in [0, 0.05) is 11.2 Å². The molecule has 0 radical (unpaired) electrons. The molecule has 0 aromatic carbocycles. The van der Waals surface area contributed by atoms with E-state index in [4.69, 9.17) is 9.83 Å². The molecule has 1 fully saturated rings. The van der Waals surface area contributed by atoms with Crippen molar-refractivity contribution >= 4 is 51.6 Å². The lowest BCUT2D eigenvalue weighted by Gasteiger charge is -2.20. The Morgan fingerprint density at radius 1 is 1.33 bits per heavy atom. The molecule has 1 amide bonds. The Labute approximate surface area is 167 Å². The van der Waals surface area contributed by atoms with Crippen LogP contribution in [0.5, 0.6) is 0 Å². The van der Waals surface area contributed by atoms with Crippen molar-refractivity contribution < 1.29 is 9.21 Å². The first kappa shape index (κ1) is 18.6. The van der Waals surface area contributed by atoms with Crippen molar-refractivity contribution in [2.75, 3.05) is 0 Å². The van der Waals surface area contributed by atoms with Gasteiger partial charge in [-0.1, -0.05) is 44.9 Å². The third-order valence-corrected chi connectivity index (χ3v) is 7.15. The van der Waals surface area contributed by atoms with Crippen molar-refractivity contribution in [3.63, 3.8) is 0 Å². The minimum absolute atomic E-state index is 0.0473. The molecule has 1 aliphatic carbocycles. The van der Waals surface area contributed by atoms with Gasteiger partial charge in [0.15, 0.2) is 10.9 Å². The molecule has 1 aromatic rings. The van der Waals surface area contributed by atoms with Gasteiger partial charge in [0.2, 0.25) is 5.17 Å². The molecule has 3 heterocycles. The minimum atomic E-state index is -0.420. The molecule has 0 spiro atoms. The molecule has 27 heavy (non-hydrogen) atoms. The van der Waals surface area contributed by atoms with Crippen LogP contribution in [0.25, 0.3) is 6.08 Å². The van der Waals surface area contributed by atoms with Crippen molar-refractivity contribution in [1.29, 1.82) is 5.41 Å². The number of carbonyl (C=O) groups excluding carboxylic acids is 1. The largest absolute Gasteiger partial charge is 0.450 e. The summed E-state index contributed by atoms with van der Waals surface area (Å²) in [6.45, 7) is 4.06. The number of thioether (sulfide) groups is 2. The fraction of sp³-hybridized carbons (Fsp3) is 0.474. The van der Waals surface area contributed by atoms with Crippen LogP contribution in [-0.4, -0.2) is 32.2 Å². The predicted octanol–water partition coefficient (Wildman–Crippen LogP) is 4.98. The number of amidine groups is 2. The number of hydrazone groups is 1. The van der Waals surface area contributed by atoms with Crippen LogP contribution in [0.15, 0.2) is 37.3 Å². The van der Waals surface area contributed by atoms with Crippen LogP contribution in [-0.2, 0) is 4.79 Å². The highest BCUT2D eigenvalue weighted by Gasteiger charge is 2.36. The number of nitrogens with zero attached hydrogens (tertiary/aromatic N) is 3. The Bertz CT molecular complexity index is 863. The highest BCUT2D eigenvalue weighted by Crippen LogP contribution is 2.35. The molecular formula is C19H22N4O2S2. The van der Waals surface area contributed by atoms with Crippen LogP contribution < -0.4 is 0 Å². The Kier molecular flexibility index (Phi) is 5.27. The van der Waals surface area contributed by atoms with Crippen molar-refractivity contribution in [3.05, 3.63) is 23.5 Å². The molecule has 1 saturated carbocycles. The molecule has 2 aliphatic heterocycles. The summed E-state index contributed by atoms with van der Waals surface area (Å²) in [5.74, 6) is 0.422. The van der Waals surface area contributed by atoms with Gasteiger partial charge in [-0.05, 0) is 42.8 Å². The van der Waals surface area contributed by atoms with E-state index in [2.05, 4.69) is 10.1 Å². The van der Waals surface area contributed by atoms with Crippen LogP contribution >= 0.6 is 23.5 Å². The normalized spacial score (nSPS) is 22.5. The monoisotopic (exact) mass is 402 g/mol. The summed E-state index contributed by atoms with van der Waals surface area (Å²) in [6.07, 6.45) is 7.96. The van der Waals surface area contributed by atoms with Gasteiger partial charge in [0.05, 0.1) is 5.57 Å². The summed E-state index contributed by atoms with van der Waals surface area (Å²) in [4.78, 5) is 16.5. The average molecular weight is 403 g/mol. The number of hydrogen-bond acceptors (Lipinski definition) is 6. The van der Waals surface area contributed by atoms with Crippen molar-refractivity contribution in [2.45, 2.75) is 56.3 Å². The van der Waals surface area contributed by atoms with Crippen LogP contribution in [0.2, 0.25) is 0 Å². The molecule has 0 atom stereocenters. The zero-order chi connectivity index (χ0) is 19.0. The summed E-state index contributed by atoms with van der Waals surface area (Å²) in [5, 5.41) is 17.0. The van der Waals surface area contributed by atoms with E-state index in [0.29, 0.717) is 16.2 Å². The van der Waals surface area contributed by atoms with Crippen molar-refractivity contribution in [3.8, 4) is 0 Å². The van der Waals surface area contributed by atoms with E-state index < -0.39 is 5.91 Å². The van der Waals surface area contributed by atoms with E-state index in [1.54, 1.807) is 17.8 Å². The molecule has 0 saturated heterocycles. The Morgan fingerprint density at radius 2 is 2.11 bits per heavy atom. The van der Waals surface area contributed by atoms with Crippen LogP contribution in [0, 0.1) is 11.3 Å². The number of furan rings is 1. The predicted molar refractivity (Wildman–Crippen MR) is 111 cm³/mol. The summed E-state index contributed by atoms with van der Waals surface area (Å²) in [6, 6.07) is 3.79. The lowest BCUT2D eigenvalue weighted by atomic mass is 10.0. The third kappa shape index (κ3) is 3.91. The molecule has 0 bridgehead atoms. The number of aliphatic imine (C=N–C) groups is 1. The highest BCUT2D eigenvalue weighted by atomic mass is 32.2. The van der Waals surface area contributed by atoms with E-state index in [1.165, 1.54) is 48.9 Å². The molecule has 4 rings (SSSR count). The Morgan fingerprint density at radius 3 is 2.85 bits per heavy atom. The second-order valence-electron chi connectivity index (χ2n) is 7.15. The maximum absolute atomic E-state index is 12.4. The number of nitrogens with one attached hydrogen (secondary N) is 1. The number of hydrogen-bond donors (Lipinski definition) is 1. The fourth-order valence-electron chi connectivity index (χ4n) is 3.21. The second kappa shape index (κ2) is 7.67. The second-order valence-corrected chi connectivity index (χ2v) is 9.44. The zero-order valence-electron chi connectivity index (χ0n) is 15.4. The highest BCUT2D eigenvalue weighted by molar-refractivity contribution is 8.27. The van der Waals surface area contributed by atoms with Crippen LogP contribution in [0.4, 0.5) is 0 Å². The van der Waals surface area contributed by atoms with Gasteiger partial charge in [-0.15, -0.1) is 0 Å². The number of carbonyl (C=O) groups is 1. The van der Waals surface area contributed by atoms with E-state index in [-0.39, 0.29) is 17.3 Å². The molecule has 8 heteroatoms. The molecule has 1 N–H and O–H groups in total. The van der Waals surface area contributed by atoms with Gasteiger partial charge >= 0.3 is 0 Å². The summed E-state index contributed by atoms with van der Waals surface area (Å²) in [5.41, 5.74) is 0.205. The lowest BCUT2D eigenvalue weighted by molar-refractivity contribution is -0.114. The maximum atomic E-state index is 12.4. The van der Waals surface area contributed by atoms with Crippen molar-refractivity contribution in [1.82, 2.24) is 5.01 Å². The first-order valence-electron chi connectivity index (χ1n) is 9.28. The van der Waals surface area contributed by atoms with Gasteiger partial charge in [-0.25, -0.2) is 0 Å². The summed E-state index contributed by atoms with van der Waals surface area (Å²) < 4.78 is 5.89. The molecular weight excluding hydrogens is 380 g/mol. The number of rotatable bonds is 4. The molecule has 3 aliphatic rings. The smallest absolute Gasteiger partial charge is 0.283 e. The molecule has 0 unspecified atom stereocenters. The zero-order valence-corrected chi connectivity index (χ0v) is 17.0. The quantitative estimate of drug-likeness (QED) is 0.718. The van der Waals surface area contributed by atoms with E-state index >= 15 is 0 Å². The van der Waals surface area contributed by atoms with E-state index in [1.807, 2.05) is 26.0 Å². The van der Waals surface area contributed by atoms with Gasteiger partial charge in [-0.2, -0.15) is 15.1 Å². The maximum Gasteiger partial charge on any atom is 0.283 e. The van der Waals surface area contributed by atoms with E-state index in [9.17, 15) is 4.79 Å². The summed E-state index contributed by atoms with van der Waals surface area (Å²) >= 11 is 3.12. The van der Waals surface area contributed by atoms with Crippen molar-refractivity contribution in [2.24, 2.45) is 16.0 Å². The molecule has 142 valence electrons. The number of amides is 1. The van der Waals surface area contributed by atoms with Gasteiger partial charge < -0.3 is 4.42 Å². The SMILES string of the molecule is CC(C)C1=NN2C(=N)/C(=C/c3ccc(SC4CCCCC4)o3)C(=O)N=C2S1. The first-order chi connectivity index (χ1) is 13.0.